The molecule has 0 fully saturated rings. The number of likely N-dealkylation sites (N-methyl/N-ethyl adjacent to an activating group) is 1. The van der Waals surface area contributed by atoms with Crippen molar-refractivity contribution >= 4 is 23.6 Å². The summed E-state index contributed by atoms with van der Waals surface area (Å²) in [5, 5.41) is 2.68. The van der Waals surface area contributed by atoms with Gasteiger partial charge in [-0.1, -0.05) is 42.5 Å². The van der Waals surface area contributed by atoms with Crippen LogP contribution in [0.3, 0.4) is 0 Å². The van der Waals surface area contributed by atoms with Crippen molar-refractivity contribution in [2.24, 2.45) is 0 Å². The number of hydrogen-bond donors (Lipinski definition) is 1. The lowest BCUT2D eigenvalue weighted by molar-refractivity contribution is -0.132. The number of benzene rings is 2. The molecular weight excluding hydrogens is 320 g/mol. The molecule has 0 atom stereocenters. The van der Waals surface area contributed by atoms with Crippen LogP contribution in [0.15, 0.2) is 59.5 Å². The van der Waals surface area contributed by atoms with E-state index >= 15 is 0 Å². The number of nitrogens with zero attached hydrogens (tertiary/aromatic N) is 1. The molecule has 2 amide bonds. The summed E-state index contributed by atoms with van der Waals surface area (Å²) in [6.45, 7) is 0.549. The maximum atomic E-state index is 12.1. The summed E-state index contributed by atoms with van der Waals surface area (Å²) in [6.07, 6.45) is 2.32. The lowest BCUT2D eigenvalue weighted by atomic mass is 10.1. The summed E-state index contributed by atoms with van der Waals surface area (Å²) in [5.41, 5.74) is 2.00. The maximum absolute atomic E-state index is 12.1. The van der Waals surface area contributed by atoms with Crippen molar-refractivity contribution in [3.63, 3.8) is 0 Å². The van der Waals surface area contributed by atoms with Crippen LogP contribution < -0.4 is 5.32 Å². The smallest absolute Gasteiger partial charge is 0.242 e. The average Bonchev–Trinajstić information content (AvgIpc) is 2.61. The van der Waals surface area contributed by atoms with Gasteiger partial charge in [0.2, 0.25) is 11.8 Å². The van der Waals surface area contributed by atoms with Gasteiger partial charge in [0.15, 0.2) is 0 Å². The molecule has 0 saturated carbocycles. The predicted octanol–water partition coefficient (Wildman–Crippen LogP) is 2.73. The van der Waals surface area contributed by atoms with E-state index in [9.17, 15) is 9.59 Å². The second kappa shape index (κ2) is 9.13. The molecule has 0 aliphatic carbocycles. The Kier molecular flexibility index (Phi) is 6.88. The van der Waals surface area contributed by atoms with Crippen molar-refractivity contribution in [1.29, 1.82) is 0 Å². The minimum atomic E-state index is -0.146. The largest absolute Gasteiger partial charge is 0.347 e. The highest BCUT2D eigenvalue weighted by Crippen LogP contribution is 2.15. The van der Waals surface area contributed by atoms with Gasteiger partial charge in [-0.2, -0.15) is 0 Å². The van der Waals surface area contributed by atoms with E-state index in [-0.39, 0.29) is 24.8 Å². The number of carbonyl (C=O) groups excluding carboxylic acids is 2. The Morgan fingerprint density at radius 1 is 1.00 bits per heavy atom. The third-order valence-electron chi connectivity index (χ3n) is 3.65. The fourth-order valence-electron chi connectivity index (χ4n) is 2.25. The predicted molar refractivity (Wildman–Crippen MR) is 97.9 cm³/mol. The Morgan fingerprint density at radius 3 is 2.29 bits per heavy atom. The van der Waals surface area contributed by atoms with Gasteiger partial charge in [0.1, 0.15) is 0 Å². The first-order valence-electron chi connectivity index (χ1n) is 7.76. The van der Waals surface area contributed by atoms with Crippen LogP contribution in [0.1, 0.15) is 11.1 Å². The number of thioether (sulfide) groups is 1. The first-order valence-corrected chi connectivity index (χ1v) is 8.98. The van der Waals surface area contributed by atoms with E-state index in [1.807, 2.05) is 60.9 Å². The summed E-state index contributed by atoms with van der Waals surface area (Å²) in [6, 6.07) is 17.6. The van der Waals surface area contributed by atoms with Gasteiger partial charge in [0.05, 0.1) is 13.0 Å². The summed E-state index contributed by atoms with van der Waals surface area (Å²) in [7, 11) is 1.74. The van der Waals surface area contributed by atoms with Crippen molar-refractivity contribution in [3.8, 4) is 0 Å². The first-order chi connectivity index (χ1) is 11.6. The third-order valence-corrected chi connectivity index (χ3v) is 4.39. The molecule has 0 heterocycles. The van der Waals surface area contributed by atoms with Gasteiger partial charge in [-0.25, -0.2) is 0 Å². The normalized spacial score (nSPS) is 10.2. The van der Waals surface area contributed by atoms with Crippen molar-refractivity contribution in [3.05, 3.63) is 65.7 Å². The van der Waals surface area contributed by atoms with E-state index in [0.717, 1.165) is 11.1 Å². The molecule has 126 valence electrons. The monoisotopic (exact) mass is 342 g/mol. The highest BCUT2D eigenvalue weighted by Gasteiger charge is 2.11. The third kappa shape index (κ3) is 5.74. The average molecular weight is 342 g/mol. The Morgan fingerprint density at radius 2 is 1.67 bits per heavy atom. The molecular formula is C19H22N2O2S. The van der Waals surface area contributed by atoms with Gasteiger partial charge >= 0.3 is 0 Å². The molecule has 2 aromatic carbocycles. The van der Waals surface area contributed by atoms with E-state index in [0.29, 0.717) is 6.54 Å². The van der Waals surface area contributed by atoms with Gasteiger partial charge < -0.3 is 10.2 Å². The molecule has 1 N–H and O–H groups in total. The van der Waals surface area contributed by atoms with Gasteiger partial charge in [-0.15, -0.1) is 11.8 Å². The summed E-state index contributed by atoms with van der Waals surface area (Å²) in [4.78, 5) is 26.8. The molecule has 0 radical (unpaired) electrons. The molecule has 2 aromatic rings. The Labute approximate surface area is 147 Å². The Bertz CT molecular complexity index is 672. The number of rotatable bonds is 7. The minimum absolute atomic E-state index is 0.0189. The van der Waals surface area contributed by atoms with Crippen molar-refractivity contribution in [2.75, 3.05) is 19.8 Å². The molecule has 0 saturated heterocycles. The number of amides is 2. The quantitative estimate of drug-likeness (QED) is 0.787. The van der Waals surface area contributed by atoms with Crippen LogP contribution in [0.5, 0.6) is 0 Å². The molecule has 0 spiro atoms. The topological polar surface area (TPSA) is 49.4 Å². The van der Waals surface area contributed by atoms with Crippen LogP contribution in [0.2, 0.25) is 0 Å². The van der Waals surface area contributed by atoms with Crippen molar-refractivity contribution < 1.29 is 9.59 Å². The molecule has 2 rings (SSSR count). The number of hydrogen-bond acceptors (Lipinski definition) is 3. The van der Waals surface area contributed by atoms with E-state index in [1.54, 1.807) is 23.7 Å². The molecule has 5 heteroatoms. The molecule has 4 nitrogen and oxygen atoms in total. The van der Waals surface area contributed by atoms with Crippen LogP contribution in [-0.2, 0) is 22.6 Å². The maximum Gasteiger partial charge on any atom is 0.242 e. The van der Waals surface area contributed by atoms with E-state index in [1.165, 1.54) is 4.90 Å². The standard InChI is InChI=1S/C19H22N2O2S/c1-21(14-16-8-10-17(24-2)11-9-16)19(23)13-20-18(22)12-15-6-4-3-5-7-15/h3-11H,12-14H2,1-2H3,(H,20,22). The molecule has 0 aliphatic rings. The van der Waals surface area contributed by atoms with Gasteiger partial charge in [0, 0.05) is 18.5 Å². The fraction of sp³-hybridized carbons (Fsp3) is 0.263. The molecule has 0 aromatic heterocycles. The Balaban J connectivity index is 1.77. The zero-order chi connectivity index (χ0) is 17.4. The highest BCUT2D eigenvalue weighted by atomic mass is 32.2. The van der Waals surface area contributed by atoms with Crippen LogP contribution in [0.4, 0.5) is 0 Å². The highest BCUT2D eigenvalue weighted by molar-refractivity contribution is 7.98. The summed E-state index contributed by atoms with van der Waals surface area (Å²) in [5.74, 6) is -0.252. The lowest BCUT2D eigenvalue weighted by Crippen LogP contribution is -2.38. The van der Waals surface area contributed by atoms with Crippen molar-refractivity contribution in [2.45, 2.75) is 17.9 Å². The van der Waals surface area contributed by atoms with Crippen LogP contribution in [0.25, 0.3) is 0 Å². The van der Waals surface area contributed by atoms with E-state index in [2.05, 4.69) is 5.32 Å². The van der Waals surface area contributed by atoms with Crippen LogP contribution in [0, 0.1) is 0 Å². The number of carbonyl (C=O) groups is 2. The fourth-order valence-corrected chi connectivity index (χ4v) is 2.65. The van der Waals surface area contributed by atoms with Gasteiger partial charge in [-0.05, 0) is 29.5 Å². The zero-order valence-corrected chi connectivity index (χ0v) is 14.8. The van der Waals surface area contributed by atoms with Gasteiger partial charge in [0.25, 0.3) is 0 Å². The number of nitrogens with one attached hydrogen (secondary N) is 1. The van der Waals surface area contributed by atoms with Crippen LogP contribution in [-0.4, -0.2) is 36.6 Å². The first kappa shape index (κ1) is 18.1. The lowest BCUT2D eigenvalue weighted by Gasteiger charge is -2.18. The van der Waals surface area contributed by atoms with E-state index in [4.69, 9.17) is 0 Å². The molecule has 24 heavy (non-hydrogen) atoms. The molecule has 0 unspecified atom stereocenters. The SMILES string of the molecule is CSc1ccc(CN(C)C(=O)CNC(=O)Cc2ccccc2)cc1. The second-order valence-corrected chi connectivity index (χ2v) is 6.42. The van der Waals surface area contributed by atoms with E-state index < -0.39 is 0 Å². The van der Waals surface area contributed by atoms with Crippen molar-refractivity contribution in [1.82, 2.24) is 10.2 Å². The molecule has 0 bridgehead atoms. The minimum Gasteiger partial charge on any atom is -0.347 e. The Hall–Kier alpha value is -2.27. The van der Waals surface area contributed by atoms with Gasteiger partial charge in [-0.3, -0.25) is 9.59 Å². The summed E-state index contributed by atoms with van der Waals surface area (Å²) >= 11 is 1.69. The second-order valence-electron chi connectivity index (χ2n) is 5.54. The zero-order valence-electron chi connectivity index (χ0n) is 14.0. The summed E-state index contributed by atoms with van der Waals surface area (Å²) < 4.78 is 0. The van der Waals surface area contributed by atoms with Crippen LogP contribution >= 0.6 is 11.8 Å². The molecule has 0 aliphatic heterocycles.